The number of pyridine rings is 2. The number of fused-ring (bicyclic) bond motifs is 1. The number of amides is 2. The third-order valence-corrected chi connectivity index (χ3v) is 5.72. The summed E-state index contributed by atoms with van der Waals surface area (Å²) in [6, 6.07) is 3.68. The number of aryl methyl sites for hydroxylation is 1. The molecular formula is C21H26N4O3. The van der Waals surface area contributed by atoms with Gasteiger partial charge in [-0.3, -0.25) is 14.4 Å². The largest absolute Gasteiger partial charge is 0.352 e. The Bertz CT molecular complexity index is 970. The van der Waals surface area contributed by atoms with Crippen LogP contribution in [0.15, 0.2) is 23.1 Å². The highest BCUT2D eigenvalue weighted by Crippen LogP contribution is 2.18. The number of rotatable bonds is 4. The molecule has 2 amide bonds. The minimum absolute atomic E-state index is 0.0456. The zero-order valence-electron chi connectivity index (χ0n) is 16.2. The number of hydrogen-bond donors (Lipinski definition) is 1. The zero-order valence-corrected chi connectivity index (χ0v) is 16.2. The first kappa shape index (κ1) is 18.7. The summed E-state index contributed by atoms with van der Waals surface area (Å²) in [6.07, 6.45) is 7.73. The van der Waals surface area contributed by atoms with Gasteiger partial charge in [0.15, 0.2) is 0 Å². The van der Waals surface area contributed by atoms with E-state index in [1.807, 2.05) is 6.92 Å². The quantitative estimate of drug-likeness (QED) is 0.877. The average Bonchev–Trinajstić information content (AvgIpc) is 3.37. The molecular weight excluding hydrogens is 356 g/mol. The van der Waals surface area contributed by atoms with Crippen molar-refractivity contribution >= 4 is 22.8 Å². The van der Waals surface area contributed by atoms with Gasteiger partial charge in [0.25, 0.3) is 5.91 Å². The fourth-order valence-corrected chi connectivity index (χ4v) is 4.22. The smallest absolute Gasteiger partial charge is 0.259 e. The second-order valence-corrected chi connectivity index (χ2v) is 7.87. The fourth-order valence-electron chi connectivity index (χ4n) is 4.22. The Morgan fingerprint density at radius 1 is 1.14 bits per heavy atom. The van der Waals surface area contributed by atoms with Crippen LogP contribution in [0, 0.1) is 6.92 Å². The maximum atomic E-state index is 13.0. The van der Waals surface area contributed by atoms with Crippen LogP contribution >= 0.6 is 0 Å². The maximum Gasteiger partial charge on any atom is 0.259 e. The molecule has 2 aliphatic rings. The molecule has 1 aliphatic heterocycles. The van der Waals surface area contributed by atoms with E-state index in [0.29, 0.717) is 24.1 Å². The van der Waals surface area contributed by atoms with Crippen LogP contribution in [0.2, 0.25) is 0 Å². The third-order valence-electron chi connectivity index (χ3n) is 5.72. The molecule has 7 nitrogen and oxygen atoms in total. The van der Waals surface area contributed by atoms with Crippen LogP contribution in [0.5, 0.6) is 0 Å². The lowest BCUT2D eigenvalue weighted by Crippen LogP contribution is -2.36. The summed E-state index contributed by atoms with van der Waals surface area (Å²) < 4.78 is 1.65. The van der Waals surface area contributed by atoms with Gasteiger partial charge in [0.2, 0.25) is 11.3 Å². The van der Waals surface area contributed by atoms with E-state index in [-0.39, 0.29) is 35.4 Å². The molecule has 1 saturated carbocycles. The van der Waals surface area contributed by atoms with Crippen LogP contribution < -0.4 is 10.7 Å². The lowest BCUT2D eigenvalue weighted by molar-refractivity contribution is -0.122. The van der Waals surface area contributed by atoms with Crippen molar-refractivity contribution in [1.82, 2.24) is 19.8 Å². The number of aromatic nitrogens is 2. The van der Waals surface area contributed by atoms with Gasteiger partial charge in [-0.2, -0.15) is 0 Å². The van der Waals surface area contributed by atoms with Crippen molar-refractivity contribution in [2.75, 3.05) is 13.1 Å². The number of carbonyl (C=O) groups is 2. The summed E-state index contributed by atoms with van der Waals surface area (Å²) in [5.74, 6) is -0.366. The van der Waals surface area contributed by atoms with Gasteiger partial charge in [-0.15, -0.1) is 0 Å². The molecule has 4 rings (SSSR count). The van der Waals surface area contributed by atoms with Crippen molar-refractivity contribution < 1.29 is 9.59 Å². The van der Waals surface area contributed by atoms with E-state index in [9.17, 15) is 14.4 Å². The predicted octanol–water partition coefficient (Wildman–Crippen LogP) is 2.00. The van der Waals surface area contributed by atoms with E-state index in [2.05, 4.69) is 10.3 Å². The summed E-state index contributed by atoms with van der Waals surface area (Å²) in [4.78, 5) is 44.6. The number of nitrogens with zero attached hydrogens (tertiary/aromatic N) is 3. The molecule has 0 atom stereocenters. The molecule has 2 aromatic heterocycles. The van der Waals surface area contributed by atoms with Crippen LogP contribution in [-0.2, 0) is 11.3 Å². The Labute approximate surface area is 163 Å². The van der Waals surface area contributed by atoms with E-state index in [4.69, 9.17) is 0 Å². The standard InChI is InChI=1S/C21H26N4O3/c1-14-8-9-16-19(27)17(21(28)24-10-4-5-11-24)12-25(20(16)22-14)13-18(26)23-15-6-2-3-7-15/h8-9,12,15H,2-7,10-11,13H2,1H3,(H,23,26). The molecule has 2 aromatic rings. The maximum absolute atomic E-state index is 13.0. The number of nitrogens with one attached hydrogen (secondary N) is 1. The molecule has 0 spiro atoms. The minimum atomic E-state index is -0.313. The van der Waals surface area contributed by atoms with Gasteiger partial charge in [0.1, 0.15) is 17.8 Å². The summed E-state index contributed by atoms with van der Waals surface area (Å²) in [5.41, 5.74) is 1.01. The van der Waals surface area contributed by atoms with Gasteiger partial charge >= 0.3 is 0 Å². The number of carbonyl (C=O) groups excluding carboxylic acids is 2. The summed E-state index contributed by atoms with van der Waals surface area (Å²) in [5, 5.41) is 3.44. The second kappa shape index (κ2) is 7.73. The molecule has 2 fully saturated rings. The third kappa shape index (κ3) is 3.66. The first-order valence-electron chi connectivity index (χ1n) is 10.1. The summed E-state index contributed by atoms with van der Waals surface area (Å²) in [6.45, 7) is 3.23. The monoisotopic (exact) mass is 382 g/mol. The zero-order chi connectivity index (χ0) is 19.7. The fraction of sp³-hybridized carbons (Fsp3) is 0.524. The Morgan fingerprint density at radius 2 is 1.86 bits per heavy atom. The normalized spacial score (nSPS) is 17.4. The molecule has 1 N–H and O–H groups in total. The van der Waals surface area contributed by atoms with E-state index in [1.54, 1.807) is 21.6 Å². The van der Waals surface area contributed by atoms with Gasteiger partial charge in [0, 0.05) is 31.0 Å². The van der Waals surface area contributed by atoms with Crippen LogP contribution in [0.1, 0.15) is 54.6 Å². The van der Waals surface area contributed by atoms with Crippen molar-refractivity contribution in [1.29, 1.82) is 0 Å². The molecule has 28 heavy (non-hydrogen) atoms. The molecule has 0 bridgehead atoms. The van der Waals surface area contributed by atoms with Gasteiger partial charge in [-0.05, 0) is 44.7 Å². The lowest BCUT2D eigenvalue weighted by Gasteiger charge is -2.18. The highest BCUT2D eigenvalue weighted by atomic mass is 16.2. The van der Waals surface area contributed by atoms with Crippen LogP contribution in [-0.4, -0.2) is 45.4 Å². The molecule has 7 heteroatoms. The van der Waals surface area contributed by atoms with Crippen LogP contribution in [0.25, 0.3) is 11.0 Å². The van der Waals surface area contributed by atoms with Gasteiger partial charge in [0.05, 0.1) is 5.39 Å². The number of likely N-dealkylation sites (tertiary alicyclic amines) is 1. The topological polar surface area (TPSA) is 84.3 Å². The molecule has 0 radical (unpaired) electrons. The Balaban J connectivity index is 1.71. The van der Waals surface area contributed by atoms with Gasteiger partial charge in [-0.25, -0.2) is 4.98 Å². The van der Waals surface area contributed by atoms with Gasteiger partial charge < -0.3 is 14.8 Å². The Morgan fingerprint density at radius 3 is 2.57 bits per heavy atom. The molecule has 3 heterocycles. The molecule has 0 unspecified atom stereocenters. The van der Waals surface area contributed by atoms with Crippen molar-refractivity contribution in [3.8, 4) is 0 Å². The highest BCUT2D eigenvalue weighted by Gasteiger charge is 2.25. The Hall–Kier alpha value is -2.70. The van der Waals surface area contributed by atoms with E-state index >= 15 is 0 Å². The molecule has 1 aliphatic carbocycles. The summed E-state index contributed by atoms with van der Waals surface area (Å²) in [7, 11) is 0. The Kier molecular flexibility index (Phi) is 5.15. The van der Waals surface area contributed by atoms with Crippen molar-refractivity contribution in [3.63, 3.8) is 0 Å². The van der Waals surface area contributed by atoms with E-state index in [0.717, 1.165) is 44.2 Å². The first-order valence-corrected chi connectivity index (χ1v) is 10.1. The molecule has 0 aromatic carbocycles. The molecule has 148 valence electrons. The van der Waals surface area contributed by atoms with E-state index < -0.39 is 0 Å². The van der Waals surface area contributed by atoms with E-state index in [1.165, 1.54) is 6.20 Å². The van der Waals surface area contributed by atoms with Crippen molar-refractivity contribution in [3.05, 3.63) is 39.8 Å². The lowest BCUT2D eigenvalue weighted by atomic mass is 10.1. The van der Waals surface area contributed by atoms with Crippen molar-refractivity contribution in [2.45, 2.75) is 58.0 Å². The second-order valence-electron chi connectivity index (χ2n) is 7.87. The van der Waals surface area contributed by atoms with Crippen molar-refractivity contribution in [2.24, 2.45) is 0 Å². The first-order chi connectivity index (χ1) is 13.5. The van der Waals surface area contributed by atoms with Crippen LogP contribution in [0.4, 0.5) is 0 Å². The molecule has 1 saturated heterocycles. The van der Waals surface area contributed by atoms with Gasteiger partial charge in [-0.1, -0.05) is 12.8 Å². The summed E-state index contributed by atoms with van der Waals surface area (Å²) >= 11 is 0. The highest BCUT2D eigenvalue weighted by molar-refractivity contribution is 5.97. The predicted molar refractivity (Wildman–Crippen MR) is 106 cm³/mol. The average molecular weight is 382 g/mol. The SMILES string of the molecule is Cc1ccc2c(=O)c(C(=O)N3CCCC3)cn(CC(=O)NC3CCCC3)c2n1. The minimum Gasteiger partial charge on any atom is -0.352 e. The number of hydrogen-bond acceptors (Lipinski definition) is 4. The van der Waals surface area contributed by atoms with Crippen LogP contribution in [0.3, 0.4) is 0 Å².